The largest absolute Gasteiger partial charge is 0.291 e. The number of carbonyl (C=O) groups is 1. The first kappa shape index (κ1) is 12.5. The second kappa shape index (κ2) is 5.60. The Hall–Kier alpha value is 0.0600. The molecule has 0 aliphatic carbocycles. The third-order valence-electron chi connectivity index (χ3n) is 2.44. The molecule has 1 aliphatic heterocycles. The monoisotopic (exact) mass is 320 g/mol. The molecule has 0 bridgehead atoms. The summed E-state index contributed by atoms with van der Waals surface area (Å²) in [7, 11) is 0. The maximum absolute atomic E-state index is 12.3. The highest BCUT2D eigenvalue weighted by Crippen LogP contribution is 2.29. The molecule has 1 unspecified atom stereocenters. The van der Waals surface area contributed by atoms with Crippen LogP contribution in [0.25, 0.3) is 0 Å². The van der Waals surface area contributed by atoms with Gasteiger partial charge in [-0.05, 0) is 22.9 Å². The molecule has 6 heteroatoms. The minimum absolute atomic E-state index is 0.0945. The number of rotatable bonds is 3. The van der Waals surface area contributed by atoms with E-state index in [2.05, 4.69) is 21.0 Å². The number of Topliss-reactive ketones (excluding diaryl/α,β-unsaturated/α-hetero) is 1. The number of nitrogens with zero attached hydrogens (tertiary/aromatic N) is 2. The molecule has 1 aromatic rings. The standard InChI is InChI=1S/C10H13BrN2OS2/c1-2-13-9(7(11)5-12-13)10(14)8-6-15-3-4-16-8/h5,8H,2-4,6H2,1H3. The lowest BCUT2D eigenvalue weighted by molar-refractivity contribution is 0.0984. The number of hydrogen-bond donors (Lipinski definition) is 0. The van der Waals surface area contributed by atoms with Crippen LogP contribution in [0.15, 0.2) is 10.7 Å². The summed E-state index contributed by atoms with van der Waals surface area (Å²) in [6.07, 6.45) is 1.71. The highest BCUT2D eigenvalue weighted by Gasteiger charge is 2.27. The Labute approximate surface area is 112 Å². The van der Waals surface area contributed by atoms with Gasteiger partial charge in [-0.25, -0.2) is 0 Å². The Morgan fingerprint density at radius 3 is 3.12 bits per heavy atom. The molecule has 1 saturated heterocycles. The van der Waals surface area contributed by atoms with Gasteiger partial charge in [-0.3, -0.25) is 9.48 Å². The molecule has 3 nitrogen and oxygen atoms in total. The van der Waals surface area contributed by atoms with Crippen LogP contribution in [0.1, 0.15) is 17.4 Å². The third kappa shape index (κ3) is 2.49. The molecule has 16 heavy (non-hydrogen) atoms. The molecular formula is C10H13BrN2OS2. The number of aromatic nitrogens is 2. The van der Waals surface area contributed by atoms with E-state index < -0.39 is 0 Å². The van der Waals surface area contributed by atoms with Crippen LogP contribution < -0.4 is 0 Å². The normalized spacial score (nSPS) is 21.0. The number of ketones is 1. The van der Waals surface area contributed by atoms with E-state index in [0.717, 1.165) is 34.0 Å². The topological polar surface area (TPSA) is 34.9 Å². The van der Waals surface area contributed by atoms with Gasteiger partial charge in [0.15, 0.2) is 5.78 Å². The lowest BCUT2D eigenvalue weighted by atomic mass is 10.2. The second-order valence-corrected chi connectivity index (χ2v) is 6.77. The van der Waals surface area contributed by atoms with Gasteiger partial charge in [0, 0.05) is 23.8 Å². The molecule has 0 saturated carbocycles. The molecule has 0 aromatic carbocycles. The van der Waals surface area contributed by atoms with Gasteiger partial charge in [-0.1, -0.05) is 0 Å². The Morgan fingerprint density at radius 2 is 2.50 bits per heavy atom. The predicted octanol–water partition coefficient (Wildman–Crippen LogP) is 2.70. The number of aryl methyl sites for hydroxylation is 1. The summed E-state index contributed by atoms with van der Waals surface area (Å²) in [4.78, 5) is 12.3. The smallest absolute Gasteiger partial charge is 0.195 e. The van der Waals surface area contributed by atoms with Crippen molar-refractivity contribution in [3.8, 4) is 0 Å². The van der Waals surface area contributed by atoms with E-state index in [1.54, 1.807) is 22.6 Å². The minimum atomic E-state index is 0.0945. The van der Waals surface area contributed by atoms with Gasteiger partial charge in [0.25, 0.3) is 0 Å². The summed E-state index contributed by atoms with van der Waals surface area (Å²) in [5.41, 5.74) is 0.725. The summed E-state index contributed by atoms with van der Waals surface area (Å²) in [5.74, 6) is 3.36. The van der Waals surface area contributed by atoms with Crippen molar-refractivity contribution in [3.63, 3.8) is 0 Å². The molecule has 1 atom stereocenters. The number of halogens is 1. The van der Waals surface area contributed by atoms with Crippen molar-refractivity contribution in [3.05, 3.63) is 16.4 Å². The zero-order chi connectivity index (χ0) is 11.5. The zero-order valence-electron chi connectivity index (χ0n) is 8.98. The Kier molecular flexibility index (Phi) is 4.38. The first-order chi connectivity index (χ1) is 7.74. The van der Waals surface area contributed by atoms with Gasteiger partial charge in [0.1, 0.15) is 5.69 Å². The van der Waals surface area contributed by atoms with Crippen molar-refractivity contribution < 1.29 is 4.79 Å². The van der Waals surface area contributed by atoms with Gasteiger partial charge in [0.05, 0.1) is 15.9 Å². The molecule has 0 spiro atoms. The van der Waals surface area contributed by atoms with E-state index in [4.69, 9.17) is 0 Å². The first-order valence-electron chi connectivity index (χ1n) is 5.19. The van der Waals surface area contributed by atoms with Crippen molar-refractivity contribution in [2.75, 3.05) is 17.3 Å². The maximum Gasteiger partial charge on any atom is 0.195 e. The average Bonchev–Trinajstić information content (AvgIpc) is 2.70. The second-order valence-electron chi connectivity index (χ2n) is 3.46. The SMILES string of the molecule is CCn1ncc(Br)c1C(=O)C1CSCCS1. The summed E-state index contributed by atoms with van der Waals surface area (Å²) in [6, 6.07) is 0. The van der Waals surface area contributed by atoms with E-state index in [1.807, 2.05) is 18.7 Å². The van der Waals surface area contributed by atoms with E-state index in [1.165, 1.54) is 0 Å². The quantitative estimate of drug-likeness (QED) is 0.802. The maximum atomic E-state index is 12.3. The molecule has 0 radical (unpaired) electrons. The summed E-state index contributed by atoms with van der Waals surface area (Å²) in [6.45, 7) is 2.73. The van der Waals surface area contributed by atoms with Crippen LogP contribution >= 0.6 is 39.5 Å². The lowest BCUT2D eigenvalue weighted by Crippen LogP contribution is -2.26. The van der Waals surface area contributed by atoms with E-state index in [9.17, 15) is 4.79 Å². The van der Waals surface area contributed by atoms with E-state index in [-0.39, 0.29) is 11.0 Å². The van der Waals surface area contributed by atoms with Crippen LogP contribution in [0.5, 0.6) is 0 Å². The van der Waals surface area contributed by atoms with Crippen molar-refractivity contribution in [1.82, 2.24) is 9.78 Å². The third-order valence-corrected chi connectivity index (χ3v) is 5.77. The van der Waals surface area contributed by atoms with Crippen LogP contribution in [0.4, 0.5) is 0 Å². The Morgan fingerprint density at radius 1 is 1.69 bits per heavy atom. The minimum Gasteiger partial charge on any atom is -0.291 e. The van der Waals surface area contributed by atoms with Crippen LogP contribution in [0.2, 0.25) is 0 Å². The molecular weight excluding hydrogens is 308 g/mol. The first-order valence-corrected chi connectivity index (χ1v) is 8.18. The summed E-state index contributed by atoms with van der Waals surface area (Å²) in [5, 5.41) is 4.28. The van der Waals surface area contributed by atoms with Gasteiger partial charge in [0.2, 0.25) is 0 Å². The summed E-state index contributed by atoms with van der Waals surface area (Å²) >= 11 is 7.03. The van der Waals surface area contributed by atoms with Crippen LogP contribution in [-0.4, -0.2) is 38.1 Å². The number of carbonyl (C=O) groups excluding carboxylic acids is 1. The van der Waals surface area contributed by atoms with Crippen molar-refractivity contribution in [2.45, 2.75) is 18.7 Å². The van der Waals surface area contributed by atoms with E-state index in [0.29, 0.717) is 0 Å². The number of thioether (sulfide) groups is 2. The molecule has 2 heterocycles. The fraction of sp³-hybridized carbons (Fsp3) is 0.600. The molecule has 1 aliphatic rings. The summed E-state index contributed by atoms with van der Waals surface area (Å²) < 4.78 is 2.59. The van der Waals surface area contributed by atoms with Crippen LogP contribution in [-0.2, 0) is 6.54 Å². The molecule has 0 amide bonds. The van der Waals surface area contributed by atoms with E-state index >= 15 is 0 Å². The van der Waals surface area contributed by atoms with Gasteiger partial charge >= 0.3 is 0 Å². The highest BCUT2D eigenvalue weighted by atomic mass is 79.9. The van der Waals surface area contributed by atoms with Crippen molar-refractivity contribution in [2.24, 2.45) is 0 Å². The highest BCUT2D eigenvalue weighted by molar-refractivity contribution is 9.10. The Balaban J connectivity index is 2.21. The number of hydrogen-bond acceptors (Lipinski definition) is 4. The molecule has 1 aromatic heterocycles. The fourth-order valence-electron chi connectivity index (χ4n) is 1.64. The molecule has 1 fully saturated rings. The van der Waals surface area contributed by atoms with Gasteiger partial charge < -0.3 is 0 Å². The lowest BCUT2D eigenvalue weighted by Gasteiger charge is -2.20. The Bertz CT molecular complexity index is 388. The van der Waals surface area contributed by atoms with Crippen molar-refractivity contribution >= 4 is 45.2 Å². The average molecular weight is 321 g/mol. The zero-order valence-corrected chi connectivity index (χ0v) is 12.2. The molecule has 0 N–H and O–H groups in total. The predicted molar refractivity (Wildman–Crippen MR) is 73.5 cm³/mol. The van der Waals surface area contributed by atoms with Crippen molar-refractivity contribution in [1.29, 1.82) is 0 Å². The fourth-order valence-corrected chi connectivity index (χ4v) is 4.74. The van der Waals surface area contributed by atoms with Crippen LogP contribution in [0.3, 0.4) is 0 Å². The molecule has 2 rings (SSSR count). The van der Waals surface area contributed by atoms with Gasteiger partial charge in [-0.15, -0.1) is 11.8 Å². The van der Waals surface area contributed by atoms with Gasteiger partial charge in [-0.2, -0.15) is 16.9 Å². The molecule has 88 valence electrons. The van der Waals surface area contributed by atoms with Crippen LogP contribution in [0, 0.1) is 0 Å².